The van der Waals surface area contributed by atoms with Gasteiger partial charge in [-0.1, -0.05) is 12.1 Å². The van der Waals surface area contributed by atoms with Crippen molar-refractivity contribution in [3.63, 3.8) is 0 Å². The molecule has 0 spiro atoms. The Morgan fingerprint density at radius 2 is 2.00 bits per heavy atom. The molecule has 1 aromatic heterocycles. The van der Waals surface area contributed by atoms with Crippen LogP contribution in [-0.4, -0.2) is 30.1 Å². The third-order valence-corrected chi connectivity index (χ3v) is 3.75. The van der Waals surface area contributed by atoms with Crippen LogP contribution in [0.15, 0.2) is 57.2 Å². The van der Waals surface area contributed by atoms with E-state index in [-0.39, 0.29) is 12.3 Å². The average Bonchev–Trinajstić information content (AvgIpc) is 3.07. The molecule has 0 atom stereocenters. The number of aliphatic hydroxyl groups excluding tert-OH is 1. The Kier molecular flexibility index (Phi) is 6.77. The number of amides is 2. The minimum Gasteiger partial charge on any atom is -0.465 e. The van der Waals surface area contributed by atoms with Crippen LogP contribution >= 0.6 is 15.9 Å². The topological polar surface area (TPSA) is 91.6 Å². The number of halogens is 1. The van der Waals surface area contributed by atoms with Gasteiger partial charge in [0.2, 0.25) is 0 Å². The molecule has 1 aromatic carbocycles. The van der Waals surface area contributed by atoms with Gasteiger partial charge < -0.3 is 20.2 Å². The van der Waals surface area contributed by atoms with Gasteiger partial charge in [-0.2, -0.15) is 0 Å². The number of hydrogen-bond donors (Lipinski definition) is 3. The molecule has 0 aliphatic heterocycles. The average molecular weight is 393 g/mol. The van der Waals surface area contributed by atoms with Crippen molar-refractivity contribution in [2.24, 2.45) is 0 Å². The van der Waals surface area contributed by atoms with E-state index >= 15 is 0 Å². The number of furan rings is 1. The van der Waals surface area contributed by atoms with Gasteiger partial charge in [0.25, 0.3) is 11.8 Å². The molecular weight excluding hydrogens is 376 g/mol. The number of carbonyl (C=O) groups is 2. The lowest BCUT2D eigenvalue weighted by Crippen LogP contribution is -2.35. The second-order valence-electron chi connectivity index (χ2n) is 4.84. The fourth-order valence-electron chi connectivity index (χ4n) is 1.89. The lowest BCUT2D eigenvalue weighted by atomic mass is 10.2. The quantitative estimate of drug-likeness (QED) is 0.497. The van der Waals surface area contributed by atoms with E-state index < -0.39 is 11.8 Å². The summed E-state index contributed by atoms with van der Waals surface area (Å²) in [7, 11) is 0. The Morgan fingerprint density at radius 3 is 2.67 bits per heavy atom. The predicted octanol–water partition coefficient (Wildman–Crippen LogP) is 2.31. The highest BCUT2D eigenvalue weighted by atomic mass is 79.9. The first kappa shape index (κ1) is 18.0. The van der Waals surface area contributed by atoms with Gasteiger partial charge in [0.15, 0.2) is 0 Å². The lowest BCUT2D eigenvalue weighted by molar-refractivity contribution is -0.117. The molecule has 0 unspecified atom stereocenters. The minimum atomic E-state index is -0.458. The maximum atomic E-state index is 12.4. The molecule has 7 heteroatoms. The zero-order valence-corrected chi connectivity index (χ0v) is 14.4. The molecule has 24 heavy (non-hydrogen) atoms. The van der Waals surface area contributed by atoms with Crippen molar-refractivity contribution in [2.45, 2.75) is 6.42 Å². The summed E-state index contributed by atoms with van der Waals surface area (Å²) < 4.78 is 5.82. The number of carbonyl (C=O) groups excluding carboxylic acids is 2. The maximum absolute atomic E-state index is 12.4. The van der Waals surface area contributed by atoms with Gasteiger partial charge in [-0.25, -0.2) is 0 Å². The van der Waals surface area contributed by atoms with E-state index in [0.29, 0.717) is 28.8 Å². The summed E-state index contributed by atoms with van der Waals surface area (Å²) in [6.45, 7) is 0.274. The van der Waals surface area contributed by atoms with E-state index in [9.17, 15) is 9.59 Å². The van der Waals surface area contributed by atoms with Crippen LogP contribution in [0.4, 0.5) is 0 Å². The van der Waals surface area contributed by atoms with Crippen molar-refractivity contribution in [3.8, 4) is 0 Å². The SMILES string of the molecule is O=C(NCCCO)/C(=C\c1ccco1)NC(=O)c1ccccc1Br. The summed E-state index contributed by atoms with van der Waals surface area (Å²) in [5.41, 5.74) is 0.467. The van der Waals surface area contributed by atoms with E-state index in [1.54, 1.807) is 36.4 Å². The Hall–Kier alpha value is -2.38. The Morgan fingerprint density at radius 1 is 1.21 bits per heavy atom. The molecule has 0 bridgehead atoms. The highest BCUT2D eigenvalue weighted by Crippen LogP contribution is 2.16. The molecule has 2 amide bonds. The monoisotopic (exact) mass is 392 g/mol. The third kappa shape index (κ3) is 5.07. The van der Waals surface area contributed by atoms with Crippen molar-refractivity contribution < 1.29 is 19.1 Å². The number of benzene rings is 1. The van der Waals surface area contributed by atoms with Gasteiger partial charge in [0.05, 0.1) is 11.8 Å². The van der Waals surface area contributed by atoms with Gasteiger partial charge in [0.1, 0.15) is 11.5 Å². The summed E-state index contributed by atoms with van der Waals surface area (Å²) in [5.74, 6) is -0.437. The number of rotatable bonds is 7. The predicted molar refractivity (Wildman–Crippen MR) is 93.0 cm³/mol. The van der Waals surface area contributed by atoms with Crippen LogP contribution in [0.5, 0.6) is 0 Å². The van der Waals surface area contributed by atoms with Gasteiger partial charge in [-0.3, -0.25) is 9.59 Å². The molecule has 0 fully saturated rings. The standard InChI is InChI=1S/C17H17BrN2O4/c18-14-7-2-1-6-13(14)16(22)20-15(11-12-5-3-10-24-12)17(23)19-8-4-9-21/h1-3,5-7,10-11,21H,4,8-9H2,(H,19,23)(H,20,22)/b15-11+. The first-order chi connectivity index (χ1) is 11.6. The fraction of sp³-hybridized carbons (Fsp3) is 0.176. The normalized spacial score (nSPS) is 11.2. The fourth-order valence-corrected chi connectivity index (χ4v) is 2.35. The number of aliphatic hydroxyl groups is 1. The van der Waals surface area contributed by atoms with Crippen molar-refractivity contribution in [1.29, 1.82) is 0 Å². The van der Waals surface area contributed by atoms with Crippen LogP contribution in [0.1, 0.15) is 22.5 Å². The van der Waals surface area contributed by atoms with Gasteiger partial charge >= 0.3 is 0 Å². The largest absolute Gasteiger partial charge is 0.465 e. The highest BCUT2D eigenvalue weighted by molar-refractivity contribution is 9.10. The van der Waals surface area contributed by atoms with Crippen LogP contribution in [0.25, 0.3) is 6.08 Å². The van der Waals surface area contributed by atoms with Crippen LogP contribution in [-0.2, 0) is 4.79 Å². The van der Waals surface area contributed by atoms with Crippen molar-refractivity contribution in [3.05, 3.63) is 64.2 Å². The molecule has 0 aliphatic carbocycles. The van der Waals surface area contributed by atoms with E-state index in [0.717, 1.165) is 0 Å². The smallest absolute Gasteiger partial charge is 0.267 e. The molecule has 126 valence electrons. The zero-order valence-electron chi connectivity index (χ0n) is 12.8. The highest BCUT2D eigenvalue weighted by Gasteiger charge is 2.16. The molecule has 0 saturated heterocycles. The van der Waals surface area contributed by atoms with Crippen molar-refractivity contribution in [1.82, 2.24) is 10.6 Å². The van der Waals surface area contributed by atoms with Crippen LogP contribution in [0, 0.1) is 0 Å². The summed E-state index contributed by atoms with van der Waals surface area (Å²) in [6.07, 6.45) is 3.35. The Labute approximate surface area is 147 Å². The van der Waals surface area contributed by atoms with Gasteiger partial charge in [0, 0.05) is 23.7 Å². The van der Waals surface area contributed by atoms with Gasteiger partial charge in [-0.05, 0) is 46.6 Å². The van der Waals surface area contributed by atoms with E-state index in [1.807, 2.05) is 0 Å². The first-order valence-corrected chi connectivity index (χ1v) is 8.11. The third-order valence-electron chi connectivity index (χ3n) is 3.06. The summed E-state index contributed by atoms with van der Waals surface area (Å²) in [5, 5.41) is 14.0. The molecule has 3 N–H and O–H groups in total. The zero-order chi connectivity index (χ0) is 17.4. The molecule has 0 radical (unpaired) electrons. The molecule has 1 heterocycles. The van der Waals surface area contributed by atoms with Crippen molar-refractivity contribution >= 4 is 33.8 Å². The van der Waals surface area contributed by atoms with E-state index in [4.69, 9.17) is 9.52 Å². The Bertz CT molecular complexity index is 726. The van der Waals surface area contributed by atoms with E-state index in [2.05, 4.69) is 26.6 Å². The maximum Gasteiger partial charge on any atom is 0.267 e. The van der Waals surface area contributed by atoms with Crippen LogP contribution < -0.4 is 10.6 Å². The molecule has 2 aromatic rings. The number of nitrogens with one attached hydrogen (secondary N) is 2. The molecule has 6 nitrogen and oxygen atoms in total. The van der Waals surface area contributed by atoms with Crippen molar-refractivity contribution in [2.75, 3.05) is 13.2 Å². The molecule has 2 rings (SSSR count). The van der Waals surface area contributed by atoms with Gasteiger partial charge in [-0.15, -0.1) is 0 Å². The number of hydrogen-bond acceptors (Lipinski definition) is 4. The van der Waals surface area contributed by atoms with Crippen LogP contribution in [0.3, 0.4) is 0 Å². The molecule has 0 aliphatic rings. The summed E-state index contributed by atoms with van der Waals surface area (Å²) >= 11 is 3.31. The van der Waals surface area contributed by atoms with Crippen LogP contribution in [0.2, 0.25) is 0 Å². The molecule has 0 saturated carbocycles. The molecular formula is C17H17BrN2O4. The lowest BCUT2D eigenvalue weighted by Gasteiger charge is -2.11. The minimum absolute atomic E-state index is 0.0270. The first-order valence-electron chi connectivity index (χ1n) is 7.32. The summed E-state index contributed by atoms with van der Waals surface area (Å²) in [4.78, 5) is 24.7. The second kappa shape index (κ2) is 9.05. The van der Waals surface area contributed by atoms with E-state index in [1.165, 1.54) is 12.3 Å². The second-order valence-corrected chi connectivity index (χ2v) is 5.69. The Balaban J connectivity index is 2.18. The summed E-state index contributed by atoms with van der Waals surface area (Å²) in [6, 6.07) is 10.3.